The average Bonchev–Trinajstić information content (AvgIpc) is 2.85. The summed E-state index contributed by atoms with van der Waals surface area (Å²) in [4.78, 5) is -0.115. The first-order valence-electron chi connectivity index (χ1n) is 6.05. The van der Waals surface area contributed by atoms with Crippen LogP contribution in [-0.2, 0) is 17.1 Å². The maximum Gasteiger partial charge on any atom is 0.242 e. The van der Waals surface area contributed by atoms with E-state index in [9.17, 15) is 13.5 Å². The number of aliphatic hydroxyl groups is 1. The first kappa shape index (κ1) is 16.3. The summed E-state index contributed by atoms with van der Waals surface area (Å²) in [6.45, 7) is -0.164. The Balaban J connectivity index is 2.15. The van der Waals surface area contributed by atoms with Gasteiger partial charge in [0, 0.05) is 30.5 Å². The third kappa shape index (κ3) is 3.78. The van der Waals surface area contributed by atoms with Crippen LogP contribution in [-0.4, -0.2) is 24.6 Å². The van der Waals surface area contributed by atoms with E-state index in [4.69, 9.17) is 23.2 Å². The van der Waals surface area contributed by atoms with E-state index in [1.54, 1.807) is 29.9 Å². The van der Waals surface area contributed by atoms with Crippen molar-refractivity contribution in [2.75, 3.05) is 6.54 Å². The monoisotopic (exact) mass is 348 g/mol. The average molecular weight is 349 g/mol. The van der Waals surface area contributed by atoms with Gasteiger partial charge in [0.25, 0.3) is 0 Å². The minimum Gasteiger partial charge on any atom is -0.386 e. The molecule has 1 aromatic heterocycles. The zero-order chi connectivity index (χ0) is 15.6. The highest BCUT2D eigenvalue weighted by atomic mass is 35.5. The molecule has 114 valence electrons. The van der Waals surface area contributed by atoms with E-state index in [1.165, 1.54) is 18.2 Å². The lowest BCUT2D eigenvalue weighted by atomic mass is 10.2. The topological polar surface area (TPSA) is 71.3 Å². The Bertz CT molecular complexity index is 744. The summed E-state index contributed by atoms with van der Waals surface area (Å²) >= 11 is 11.7. The van der Waals surface area contributed by atoms with Crippen LogP contribution in [0.5, 0.6) is 0 Å². The molecule has 21 heavy (non-hydrogen) atoms. The molecular formula is C13H14Cl2N2O3S. The maximum absolute atomic E-state index is 12.2. The molecule has 0 amide bonds. The van der Waals surface area contributed by atoms with Crippen LogP contribution in [0.4, 0.5) is 0 Å². The Morgan fingerprint density at radius 3 is 2.67 bits per heavy atom. The van der Waals surface area contributed by atoms with Crippen molar-refractivity contribution in [1.29, 1.82) is 0 Å². The Kier molecular flexibility index (Phi) is 4.95. The highest BCUT2D eigenvalue weighted by Crippen LogP contribution is 2.25. The highest BCUT2D eigenvalue weighted by Gasteiger charge is 2.20. The molecule has 1 heterocycles. The lowest BCUT2D eigenvalue weighted by Crippen LogP contribution is -2.29. The van der Waals surface area contributed by atoms with Crippen LogP contribution in [0.1, 0.15) is 11.8 Å². The van der Waals surface area contributed by atoms with Gasteiger partial charge in [0.2, 0.25) is 10.0 Å². The van der Waals surface area contributed by atoms with Gasteiger partial charge in [-0.1, -0.05) is 23.2 Å². The van der Waals surface area contributed by atoms with E-state index < -0.39 is 16.1 Å². The molecule has 0 aliphatic heterocycles. The highest BCUT2D eigenvalue weighted by molar-refractivity contribution is 7.89. The van der Waals surface area contributed by atoms with Crippen molar-refractivity contribution < 1.29 is 13.5 Å². The van der Waals surface area contributed by atoms with Crippen molar-refractivity contribution in [2.45, 2.75) is 11.0 Å². The second kappa shape index (κ2) is 6.37. The molecule has 1 aromatic carbocycles. The summed E-state index contributed by atoms with van der Waals surface area (Å²) in [6.07, 6.45) is 0.804. The van der Waals surface area contributed by atoms with Gasteiger partial charge in [-0.15, -0.1) is 0 Å². The van der Waals surface area contributed by atoms with Crippen LogP contribution in [0, 0.1) is 0 Å². The smallest absolute Gasteiger partial charge is 0.242 e. The molecule has 0 fully saturated rings. The fraction of sp³-hybridized carbons (Fsp3) is 0.231. The van der Waals surface area contributed by atoms with Crippen molar-refractivity contribution in [2.24, 2.45) is 7.05 Å². The standard InChI is InChI=1S/C13H14Cl2N2O3S/c1-17-6-2-3-11(17)12(18)8-16-21(19,20)13-7-9(14)4-5-10(13)15/h2-7,12,16,18H,8H2,1H3. The third-order valence-corrected chi connectivity index (χ3v) is 5.12. The van der Waals surface area contributed by atoms with Crippen LogP contribution in [0.25, 0.3) is 0 Å². The van der Waals surface area contributed by atoms with Crippen molar-refractivity contribution >= 4 is 33.2 Å². The molecule has 0 aliphatic carbocycles. The minimum atomic E-state index is -3.85. The Labute approximate surface area is 133 Å². The lowest BCUT2D eigenvalue weighted by molar-refractivity contribution is 0.173. The predicted molar refractivity (Wildman–Crippen MR) is 82.0 cm³/mol. The molecule has 0 saturated heterocycles. The number of sulfonamides is 1. The van der Waals surface area contributed by atoms with Gasteiger partial charge >= 0.3 is 0 Å². The second-order valence-electron chi connectivity index (χ2n) is 4.49. The van der Waals surface area contributed by atoms with Crippen LogP contribution in [0.3, 0.4) is 0 Å². The van der Waals surface area contributed by atoms with Gasteiger partial charge in [0.05, 0.1) is 5.02 Å². The molecule has 2 N–H and O–H groups in total. The molecule has 2 rings (SSSR count). The SMILES string of the molecule is Cn1cccc1C(O)CNS(=O)(=O)c1cc(Cl)ccc1Cl. The summed E-state index contributed by atoms with van der Waals surface area (Å²) in [5, 5.41) is 10.4. The number of rotatable bonds is 5. The van der Waals surface area contributed by atoms with Gasteiger partial charge in [-0.25, -0.2) is 13.1 Å². The molecule has 1 atom stereocenters. The fourth-order valence-corrected chi connectivity index (χ4v) is 3.67. The van der Waals surface area contributed by atoms with E-state index >= 15 is 0 Å². The largest absolute Gasteiger partial charge is 0.386 e. The number of benzene rings is 1. The zero-order valence-corrected chi connectivity index (χ0v) is 13.5. The first-order valence-corrected chi connectivity index (χ1v) is 8.29. The molecule has 0 spiro atoms. The molecule has 1 unspecified atom stereocenters. The van der Waals surface area contributed by atoms with E-state index in [2.05, 4.69) is 4.72 Å². The van der Waals surface area contributed by atoms with Crippen LogP contribution in [0.15, 0.2) is 41.4 Å². The van der Waals surface area contributed by atoms with E-state index in [0.717, 1.165) is 0 Å². The Morgan fingerprint density at radius 1 is 1.33 bits per heavy atom. The number of aliphatic hydroxyl groups excluding tert-OH is 1. The van der Waals surface area contributed by atoms with Crippen LogP contribution in [0.2, 0.25) is 10.0 Å². The predicted octanol–water partition coefficient (Wildman–Crippen LogP) is 2.34. The number of aryl methyl sites for hydroxylation is 1. The Morgan fingerprint density at radius 2 is 2.05 bits per heavy atom. The minimum absolute atomic E-state index is 0.0697. The molecule has 2 aromatic rings. The van der Waals surface area contributed by atoms with Crippen molar-refractivity contribution in [3.63, 3.8) is 0 Å². The molecule has 0 radical (unpaired) electrons. The number of aromatic nitrogens is 1. The van der Waals surface area contributed by atoms with Crippen LogP contribution >= 0.6 is 23.2 Å². The Hall–Kier alpha value is -1.05. The van der Waals surface area contributed by atoms with Crippen molar-refractivity contribution in [3.8, 4) is 0 Å². The number of hydrogen-bond acceptors (Lipinski definition) is 3. The van der Waals surface area contributed by atoms with Gasteiger partial charge < -0.3 is 9.67 Å². The third-order valence-electron chi connectivity index (χ3n) is 2.97. The number of nitrogens with one attached hydrogen (secondary N) is 1. The number of nitrogens with zero attached hydrogens (tertiary/aromatic N) is 1. The maximum atomic E-state index is 12.2. The van der Waals surface area contributed by atoms with Crippen molar-refractivity contribution in [1.82, 2.24) is 9.29 Å². The molecular weight excluding hydrogens is 335 g/mol. The summed E-state index contributed by atoms with van der Waals surface area (Å²) in [6, 6.07) is 7.65. The van der Waals surface area contributed by atoms with E-state index in [0.29, 0.717) is 5.69 Å². The lowest BCUT2D eigenvalue weighted by Gasteiger charge is -2.14. The van der Waals surface area contributed by atoms with Crippen molar-refractivity contribution in [3.05, 3.63) is 52.3 Å². The van der Waals surface area contributed by atoms with E-state index in [-0.39, 0.29) is 21.5 Å². The normalized spacial score (nSPS) is 13.3. The second-order valence-corrected chi connectivity index (χ2v) is 7.07. The van der Waals surface area contributed by atoms with Crippen LogP contribution < -0.4 is 4.72 Å². The van der Waals surface area contributed by atoms with Gasteiger partial charge in [-0.2, -0.15) is 0 Å². The van der Waals surface area contributed by atoms with Gasteiger partial charge in [-0.05, 0) is 30.3 Å². The molecule has 8 heteroatoms. The van der Waals surface area contributed by atoms with Gasteiger partial charge in [0.1, 0.15) is 11.0 Å². The molecule has 0 saturated carbocycles. The summed E-state index contributed by atoms with van der Waals surface area (Å²) < 4.78 is 28.4. The van der Waals surface area contributed by atoms with Gasteiger partial charge in [-0.3, -0.25) is 0 Å². The molecule has 5 nitrogen and oxygen atoms in total. The molecule has 0 bridgehead atoms. The summed E-state index contributed by atoms with van der Waals surface area (Å²) in [5.74, 6) is 0. The van der Waals surface area contributed by atoms with E-state index in [1.807, 2.05) is 0 Å². The quantitative estimate of drug-likeness (QED) is 0.870. The zero-order valence-electron chi connectivity index (χ0n) is 11.1. The fourth-order valence-electron chi connectivity index (χ4n) is 1.87. The first-order chi connectivity index (χ1) is 9.81. The number of hydrogen-bond donors (Lipinski definition) is 2. The molecule has 0 aliphatic rings. The summed E-state index contributed by atoms with van der Waals surface area (Å²) in [5.41, 5.74) is 0.606. The van der Waals surface area contributed by atoms with Gasteiger partial charge in [0.15, 0.2) is 0 Å². The number of halogens is 2. The summed E-state index contributed by atoms with van der Waals surface area (Å²) in [7, 11) is -2.08.